The summed E-state index contributed by atoms with van der Waals surface area (Å²) < 4.78 is 13.1. The molecule has 0 saturated carbocycles. The Bertz CT molecular complexity index is 394. The Morgan fingerprint density at radius 3 is 2.94 bits per heavy atom. The number of hydrogen-bond donors (Lipinski definition) is 1. The van der Waals surface area contributed by atoms with Crippen LogP contribution in [0.25, 0.3) is 0 Å². The largest absolute Gasteiger partial charge is 0.313 e. The Hall–Kier alpha value is -0.600. The molecule has 0 amide bonds. The molecule has 2 rings (SSSR count). The lowest BCUT2D eigenvalue weighted by atomic mass is 9.75. The lowest BCUT2D eigenvalue weighted by Crippen LogP contribution is -2.37. The van der Waals surface area contributed by atoms with Gasteiger partial charge >= 0.3 is 0 Å². The summed E-state index contributed by atoms with van der Waals surface area (Å²) in [7, 11) is 0. The Kier molecular flexibility index (Phi) is 3.22. The van der Waals surface area contributed by atoms with Gasteiger partial charge in [0.25, 0.3) is 0 Å². The molecular formula is C13H17ClFN. The van der Waals surface area contributed by atoms with Crippen LogP contribution in [0.5, 0.6) is 0 Å². The van der Waals surface area contributed by atoms with Crippen molar-refractivity contribution in [3.63, 3.8) is 0 Å². The van der Waals surface area contributed by atoms with Crippen LogP contribution in [0.4, 0.5) is 4.39 Å². The van der Waals surface area contributed by atoms with Crippen LogP contribution in [0.2, 0.25) is 5.02 Å². The van der Waals surface area contributed by atoms with E-state index >= 15 is 0 Å². The number of nitrogens with one attached hydrogen (secondary N) is 1. The molecule has 3 heteroatoms. The minimum absolute atomic E-state index is 0.0755. The molecule has 1 aliphatic heterocycles. The first kappa shape index (κ1) is 11.9. The van der Waals surface area contributed by atoms with Gasteiger partial charge < -0.3 is 5.32 Å². The van der Waals surface area contributed by atoms with E-state index in [2.05, 4.69) is 19.2 Å². The van der Waals surface area contributed by atoms with Crippen LogP contribution < -0.4 is 5.32 Å². The first-order valence-corrected chi connectivity index (χ1v) is 6.14. The highest BCUT2D eigenvalue weighted by atomic mass is 35.5. The Morgan fingerprint density at radius 2 is 2.31 bits per heavy atom. The summed E-state index contributed by atoms with van der Waals surface area (Å²) in [5, 5.41) is 3.72. The summed E-state index contributed by atoms with van der Waals surface area (Å²) in [6.45, 7) is 5.42. The van der Waals surface area contributed by atoms with Crippen molar-refractivity contribution >= 4 is 11.6 Å². The molecule has 0 spiro atoms. The normalized spacial score (nSPS) is 29.6. The average molecular weight is 242 g/mol. The predicted molar refractivity (Wildman–Crippen MR) is 65.5 cm³/mol. The van der Waals surface area contributed by atoms with Crippen molar-refractivity contribution in [1.82, 2.24) is 5.32 Å². The van der Waals surface area contributed by atoms with Crippen LogP contribution in [-0.2, 0) is 5.41 Å². The van der Waals surface area contributed by atoms with Crippen LogP contribution >= 0.6 is 11.6 Å². The van der Waals surface area contributed by atoms with E-state index in [-0.39, 0.29) is 16.3 Å². The summed E-state index contributed by atoms with van der Waals surface area (Å²) in [6.07, 6.45) is 2.15. The number of rotatable bonds is 2. The van der Waals surface area contributed by atoms with Crippen molar-refractivity contribution in [3.8, 4) is 0 Å². The Balaban J connectivity index is 2.38. The minimum atomic E-state index is -0.340. The molecule has 1 fully saturated rings. The van der Waals surface area contributed by atoms with E-state index < -0.39 is 0 Å². The van der Waals surface area contributed by atoms with Gasteiger partial charge in [-0.1, -0.05) is 31.5 Å². The Morgan fingerprint density at radius 1 is 1.56 bits per heavy atom. The van der Waals surface area contributed by atoms with Gasteiger partial charge in [0.1, 0.15) is 5.82 Å². The van der Waals surface area contributed by atoms with Gasteiger partial charge in [0.2, 0.25) is 0 Å². The highest BCUT2D eigenvalue weighted by Crippen LogP contribution is 2.37. The highest BCUT2D eigenvalue weighted by Gasteiger charge is 2.38. The molecule has 1 heterocycles. The van der Waals surface area contributed by atoms with Crippen LogP contribution in [0.15, 0.2) is 18.2 Å². The fraction of sp³-hybridized carbons (Fsp3) is 0.538. The molecule has 1 aliphatic rings. The highest BCUT2D eigenvalue weighted by molar-refractivity contribution is 6.30. The third-order valence-electron chi connectivity index (χ3n) is 3.79. The predicted octanol–water partition coefficient (Wildman–Crippen LogP) is 3.51. The van der Waals surface area contributed by atoms with Crippen molar-refractivity contribution in [2.45, 2.75) is 38.1 Å². The van der Waals surface area contributed by atoms with Gasteiger partial charge in [0.05, 0.1) is 5.02 Å². The molecule has 1 nitrogen and oxygen atoms in total. The zero-order chi connectivity index (χ0) is 11.8. The van der Waals surface area contributed by atoms with Gasteiger partial charge in [-0.15, -0.1) is 0 Å². The molecule has 1 aromatic carbocycles. The quantitative estimate of drug-likeness (QED) is 0.836. The van der Waals surface area contributed by atoms with E-state index in [9.17, 15) is 4.39 Å². The first-order chi connectivity index (χ1) is 7.58. The van der Waals surface area contributed by atoms with Gasteiger partial charge in [-0.25, -0.2) is 4.39 Å². The maximum absolute atomic E-state index is 13.1. The van der Waals surface area contributed by atoms with Crippen molar-refractivity contribution in [3.05, 3.63) is 34.6 Å². The smallest absolute Gasteiger partial charge is 0.141 e. The molecular weight excluding hydrogens is 225 g/mol. The molecule has 16 heavy (non-hydrogen) atoms. The monoisotopic (exact) mass is 241 g/mol. The fourth-order valence-corrected chi connectivity index (χ4v) is 2.88. The summed E-state index contributed by atoms with van der Waals surface area (Å²) in [6, 6.07) is 5.55. The number of halogens is 2. The molecule has 2 unspecified atom stereocenters. The van der Waals surface area contributed by atoms with Crippen LogP contribution in [0.1, 0.15) is 32.3 Å². The second-order valence-corrected chi connectivity index (χ2v) is 5.12. The van der Waals surface area contributed by atoms with E-state index in [0.29, 0.717) is 6.04 Å². The molecule has 88 valence electrons. The summed E-state index contributed by atoms with van der Waals surface area (Å²) >= 11 is 5.85. The second kappa shape index (κ2) is 4.34. The molecule has 0 bridgehead atoms. The van der Waals surface area contributed by atoms with Gasteiger partial charge in [-0.05, 0) is 37.1 Å². The van der Waals surface area contributed by atoms with Gasteiger partial charge in [0, 0.05) is 11.5 Å². The lowest BCUT2D eigenvalue weighted by Gasteiger charge is -2.31. The fourth-order valence-electron chi connectivity index (χ4n) is 2.70. The number of hydrogen-bond acceptors (Lipinski definition) is 1. The standard InChI is InChI=1S/C13H17ClFN/c1-3-12-13(2,6-7-16-12)9-4-5-11(15)10(14)8-9/h4-5,8,12,16H,3,6-7H2,1-2H3. The van der Waals surface area contributed by atoms with E-state index in [0.717, 1.165) is 24.9 Å². The van der Waals surface area contributed by atoms with Crippen LogP contribution in [0.3, 0.4) is 0 Å². The van der Waals surface area contributed by atoms with Gasteiger partial charge in [-0.3, -0.25) is 0 Å². The molecule has 2 atom stereocenters. The van der Waals surface area contributed by atoms with Gasteiger partial charge in [0.15, 0.2) is 0 Å². The number of benzene rings is 1. The minimum Gasteiger partial charge on any atom is -0.313 e. The molecule has 0 aromatic heterocycles. The van der Waals surface area contributed by atoms with Crippen molar-refractivity contribution in [2.24, 2.45) is 0 Å². The maximum atomic E-state index is 13.1. The average Bonchev–Trinajstić information content (AvgIpc) is 2.65. The third-order valence-corrected chi connectivity index (χ3v) is 4.08. The molecule has 0 radical (unpaired) electrons. The van der Waals surface area contributed by atoms with Crippen molar-refractivity contribution < 1.29 is 4.39 Å². The second-order valence-electron chi connectivity index (χ2n) is 4.71. The zero-order valence-corrected chi connectivity index (χ0v) is 10.4. The molecule has 1 saturated heterocycles. The molecule has 1 N–H and O–H groups in total. The molecule has 1 aromatic rings. The third kappa shape index (κ3) is 1.85. The summed E-state index contributed by atoms with van der Waals surface area (Å²) in [4.78, 5) is 0. The van der Waals surface area contributed by atoms with E-state index in [1.165, 1.54) is 6.07 Å². The lowest BCUT2D eigenvalue weighted by molar-refractivity contribution is 0.392. The molecule has 0 aliphatic carbocycles. The van der Waals surface area contributed by atoms with Crippen LogP contribution in [-0.4, -0.2) is 12.6 Å². The van der Waals surface area contributed by atoms with Crippen molar-refractivity contribution in [2.75, 3.05) is 6.54 Å². The van der Waals surface area contributed by atoms with Crippen molar-refractivity contribution in [1.29, 1.82) is 0 Å². The van der Waals surface area contributed by atoms with E-state index in [1.54, 1.807) is 6.07 Å². The topological polar surface area (TPSA) is 12.0 Å². The summed E-state index contributed by atoms with van der Waals surface area (Å²) in [5.74, 6) is -0.340. The summed E-state index contributed by atoms with van der Waals surface area (Å²) in [5.41, 5.74) is 1.21. The van der Waals surface area contributed by atoms with Crippen LogP contribution in [0, 0.1) is 5.82 Å². The first-order valence-electron chi connectivity index (χ1n) is 5.77. The van der Waals surface area contributed by atoms with E-state index in [4.69, 9.17) is 11.6 Å². The SMILES string of the molecule is CCC1NCCC1(C)c1ccc(F)c(Cl)c1. The Labute approximate surface area is 101 Å². The maximum Gasteiger partial charge on any atom is 0.141 e. The zero-order valence-electron chi connectivity index (χ0n) is 9.69. The van der Waals surface area contributed by atoms with E-state index in [1.807, 2.05) is 6.07 Å². The van der Waals surface area contributed by atoms with Gasteiger partial charge in [-0.2, -0.15) is 0 Å².